The van der Waals surface area contributed by atoms with Crippen LogP contribution in [0.15, 0.2) is 84.0 Å². The number of amides is 1. The number of hydrogen-bond acceptors (Lipinski definition) is 10. The number of azide groups is 1. The van der Waals surface area contributed by atoms with Gasteiger partial charge in [-0.25, -0.2) is 9.59 Å². The molecule has 0 radical (unpaired) electrons. The van der Waals surface area contributed by atoms with Crippen molar-refractivity contribution in [3.63, 3.8) is 0 Å². The van der Waals surface area contributed by atoms with Gasteiger partial charge in [-0.05, 0) is 48.6 Å². The van der Waals surface area contributed by atoms with Gasteiger partial charge in [-0.15, -0.1) is 0 Å². The maximum absolute atomic E-state index is 13.2. The van der Waals surface area contributed by atoms with Gasteiger partial charge in [0.2, 0.25) is 0 Å². The molecule has 3 aromatic rings. The Morgan fingerprint density at radius 1 is 1.00 bits per heavy atom. The number of esters is 1. The minimum atomic E-state index is -1.33. The van der Waals surface area contributed by atoms with Gasteiger partial charge in [-0.3, -0.25) is 0 Å². The van der Waals surface area contributed by atoms with Crippen LogP contribution in [0.5, 0.6) is 0 Å². The first kappa shape index (κ1) is 33.4. The van der Waals surface area contributed by atoms with Gasteiger partial charge in [-0.2, -0.15) is 0 Å². The molecule has 0 aromatic heterocycles. The molecule has 6 rings (SSSR count). The van der Waals surface area contributed by atoms with E-state index in [1.165, 1.54) is 0 Å². The third kappa shape index (κ3) is 7.31. The molecule has 2 N–H and O–H groups in total. The van der Waals surface area contributed by atoms with E-state index in [0.717, 1.165) is 27.8 Å². The van der Waals surface area contributed by atoms with Crippen molar-refractivity contribution in [2.75, 3.05) is 19.8 Å². The molecule has 0 saturated carbocycles. The van der Waals surface area contributed by atoms with Gasteiger partial charge in [0, 0.05) is 16.4 Å². The lowest BCUT2D eigenvalue weighted by Crippen LogP contribution is -2.62. The Kier molecular flexibility index (Phi) is 9.97. The average molecular weight is 659 g/mol. The second kappa shape index (κ2) is 14.3. The molecule has 2 saturated heterocycles. The average Bonchev–Trinajstić information content (AvgIpc) is 3.40. The summed E-state index contributed by atoms with van der Waals surface area (Å²) in [5.41, 5.74) is 13.4. The number of ether oxygens (including phenoxy) is 6. The highest BCUT2D eigenvalue weighted by atomic mass is 16.7. The summed E-state index contributed by atoms with van der Waals surface area (Å²) in [5, 5.41) is 17.5. The third-order valence-electron chi connectivity index (χ3n) is 8.34. The topological polar surface area (TPSA) is 171 Å². The zero-order valence-electron chi connectivity index (χ0n) is 26.8. The number of carbonyl (C=O) groups excluding carboxylic acids is 2. The number of hydrogen-bond donors (Lipinski definition) is 2. The first-order valence-electron chi connectivity index (χ1n) is 15.8. The van der Waals surface area contributed by atoms with Crippen molar-refractivity contribution in [3.8, 4) is 11.1 Å². The maximum Gasteiger partial charge on any atom is 0.407 e. The van der Waals surface area contributed by atoms with E-state index in [2.05, 4.69) is 15.3 Å². The molecule has 0 spiro atoms. The van der Waals surface area contributed by atoms with Crippen molar-refractivity contribution in [3.05, 3.63) is 106 Å². The van der Waals surface area contributed by atoms with E-state index in [9.17, 15) is 20.2 Å². The normalized spacial score (nSPS) is 25.4. The van der Waals surface area contributed by atoms with Crippen molar-refractivity contribution >= 4 is 12.1 Å². The predicted molar refractivity (Wildman–Crippen MR) is 171 cm³/mol. The van der Waals surface area contributed by atoms with E-state index in [0.29, 0.717) is 0 Å². The number of rotatable bonds is 9. The molecule has 0 bridgehead atoms. The second-order valence-corrected chi connectivity index (χ2v) is 12.8. The van der Waals surface area contributed by atoms with Crippen molar-refractivity contribution < 1.29 is 43.1 Å². The highest BCUT2D eigenvalue weighted by molar-refractivity contribution is 5.82. The Morgan fingerprint density at radius 2 is 1.65 bits per heavy atom. The number of aliphatic hydroxyl groups excluding tert-OH is 1. The van der Waals surface area contributed by atoms with Crippen LogP contribution in [-0.4, -0.2) is 79.3 Å². The van der Waals surface area contributed by atoms with Crippen LogP contribution in [0, 0.1) is 0 Å². The minimum absolute atomic E-state index is 0.0334. The summed E-state index contributed by atoms with van der Waals surface area (Å²) in [6, 6.07) is 22.5. The van der Waals surface area contributed by atoms with Gasteiger partial charge < -0.3 is 38.8 Å². The van der Waals surface area contributed by atoms with Gasteiger partial charge in [0.15, 0.2) is 18.6 Å². The molecule has 1 aliphatic carbocycles. The Bertz CT molecular complexity index is 1610. The van der Waals surface area contributed by atoms with Crippen LogP contribution in [0.25, 0.3) is 21.6 Å². The van der Waals surface area contributed by atoms with E-state index in [-0.39, 0.29) is 19.1 Å². The monoisotopic (exact) mass is 658 g/mol. The van der Waals surface area contributed by atoms with Gasteiger partial charge in [-0.1, -0.05) is 84.0 Å². The molecule has 3 aromatic carbocycles. The summed E-state index contributed by atoms with van der Waals surface area (Å²) < 4.78 is 35.0. The molecule has 2 heterocycles. The molecular formula is C35H38N4O9. The van der Waals surface area contributed by atoms with E-state index in [4.69, 9.17) is 28.4 Å². The summed E-state index contributed by atoms with van der Waals surface area (Å²) in [6.07, 6.45) is -5.90. The van der Waals surface area contributed by atoms with Crippen LogP contribution >= 0.6 is 0 Å². The number of carbonyl (C=O) groups is 2. The lowest BCUT2D eigenvalue weighted by Gasteiger charge is -2.46. The number of aliphatic hydroxyl groups is 1. The van der Waals surface area contributed by atoms with E-state index in [1.807, 2.05) is 78.9 Å². The van der Waals surface area contributed by atoms with Crippen molar-refractivity contribution in [2.45, 2.75) is 75.3 Å². The SMILES string of the molecule is CC(C)(C)OC(=O)C(COC1OC2COC(c3ccccc3)OC2C(O)C1N=[N+]=[N-])NC(=O)OCC1c2ccccc2-c2ccccc21. The Hall–Kier alpha value is -4.49. The van der Waals surface area contributed by atoms with Crippen LogP contribution in [0.3, 0.4) is 0 Å². The fourth-order valence-corrected chi connectivity index (χ4v) is 6.19. The number of nitrogens with one attached hydrogen (secondary N) is 1. The van der Waals surface area contributed by atoms with Crippen molar-refractivity contribution in [1.82, 2.24) is 5.32 Å². The number of nitrogens with zero attached hydrogens (tertiary/aromatic N) is 3. The summed E-state index contributed by atoms with van der Waals surface area (Å²) in [5.74, 6) is -0.962. The van der Waals surface area contributed by atoms with Gasteiger partial charge in [0.25, 0.3) is 0 Å². The second-order valence-electron chi connectivity index (χ2n) is 12.8. The molecule has 13 nitrogen and oxygen atoms in total. The molecule has 1 amide bonds. The van der Waals surface area contributed by atoms with E-state index >= 15 is 0 Å². The van der Waals surface area contributed by atoms with Crippen molar-refractivity contribution in [1.29, 1.82) is 0 Å². The smallest absolute Gasteiger partial charge is 0.407 e. The van der Waals surface area contributed by atoms with Gasteiger partial charge >= 0.3 is 12.1 Å². The van der Waals surface area contributed by atoms with Crippen LogP contribution < -0.4 is 5.32 Å². The first-order chi connectivity index (χ1) is 23.1. The van der Waals surface area contributed by atoms with Crippen molar-refractivity contribution in [2.24, 2.45) is 5.11 Å². The van der Waals surface area contributed by atoms with Crippen LogP contribution in [0.2, 0.25) is 0 Å². The fourth-order valence-electron chi connectivity index (χ4n) is 6.19. The Labute approximate surface area is 277 Å². The number of alkyl carbamates (subject to hydrolysis) is 1. The summed E-state index contributed by atoms with van der Waals surface area (Å²) in [7, 11) is 0. The quantitative estimate of drug-likeness (QED) is 0.137. The molecule has 2 aliphatic heterocycles. The molecule has 48 heavy (non-hydrogen) atoms. The molecule has 7 unspecified atom stereocenters. The predicted octanol–water partition coefficient (Wildman–Crippen LogP) is 5.13. The molecular weight excluding hydrogens is 620 g/mol. The summed E-state index contributed by atoms with van der Waals surface area (Å²) >= 11 is 0. The summed E-state index contributed by atoms with van der Waals surface area (Å²) in [6.45, 7) is 4.73. The number of benzene rings is 3. The van der Waals surface area contributed by atoms with Gasteiger partial charge in [0.1, 0.15) is 30.5 Å². The molecule has 252 valence electrons. The highest BCUT2D eigenvalue weighted by Gasteiger charge is 2.50. The maximum atomic E-state index is 13.2. The van der Waals surface area contributed by atoms with E-state index in [1.54, 1.807) is 20.8 Å². The fraction of sp³-hybridized carbons (Fsp3) is 0.429. The lowest BCUT2D eigenvalue weighted by molar-refractivity contribution is -0.342. The van der Waals surface area contributed by atoms with Crippen LogP contribution in [0.1, 0.15) is 49.7 Å². The Morgan fingerprint density at radius 3 is 2.29 bits per heavy atom. The Balaban J connectivity index is 1.12. The molecule has 3 aliphatic rings. The molecule has 2 fully saturated rings. The zero-order chi connectivity index (χ0) is 33.8. The van der Waals surface area contributed by atoms with E-state index < -0.39 is 67.2 Å². The van der Waals surface area contributed by atoms with Crippen LogP contribution in [0.4, 0.5) is 4.79 Å². The number of fused-ring (bicyclic) bond motifs is 4. The third-order valence-corrected chi connectivity index (χ3v) is 8.34. The first-order valence-corrected chi connectivity index (χ1v) is 15.8. The largest absolute Gasteiger partial charge is 0.458 e. The summed E-state index contributed by atoms with van der Waals surface area (Å²) in [4.78, 5) is 29.2. The molecule has 7 atom stereocenters. The lowest BCUT2D eigenvalue weighted by atomic mass is 9.96. The zero-order valence-corrected chi connectivity index (χ0v) is 26.8. The molecule has 13 heteroatoms. The van der Waals surface area contributed by atoms with Gasteiger partial charge in [0.05, 0.1) is 19.3 Å². The highest BCUT2D eigenvalue weighted by Crippen LogP contribution is 2.44. The van der Waals surface area contributed by atoms with Crippen LogP contribution in [-0.2, 0) is 33.2 Å². The standard InChI is InChI=1S/C35H38N4O9/c1-35(2,3)48-31(41)26(37-34(42)45-17-25-23-15-9-7-13-21(23)22-14-8-10-16-24(22)25)18-43-33-28(38-39-36)29(40)30-27(46-33)19-44-32(47-30)20-11-5-4-6-12-20/h4-16,25-30,32-33,40H,17-19H2,1-3H3,(H,37,42). The minimum Gasteiger partial charge on any atom is -0.458 e.